The third-order valence-corrected chi connectivity index (χ3v) is 6.19. The summed E-state index contributed by atoms with van der Waals surface area (Å²) in [6.45, 7) is 3.83. The van der Waals surface area contributed by atoms with Gasteiger partial charge >= 0.3 is 6.09 Å². The van der Waals surface area contributed by atoms with Gasteiger partial charge in [-0.05, 0) is 58.1 Å². The second kappa shape index (κ2) is 8.26. The largest absolute Gasteiger partial charge is 0.446 e. The fourth-order valence-corrected chi connectivity index (χ4v) is 3.83. The highest BCUT2D eigenvalue weighted by atomic mass is 35.5. The van der Waals surface area contributed by atoms with E-state index in [4.69, 9.17) is 16.3 Å². The van der Waals surface area contributed by atoms with Crippen molar-refractivity contribution in [2.75, 3.05) is 5.32 Å². The summed E-state index contributed by atoms with van der Waals surface area (Å²) in [5, 5.41) is 13.5. The van der Waals surface area contributed by atoms with Crippen LogP contribution in [0.5, 0.6) is 0 Å². The van der Waals surface area contributed by atoms with Crippen molar-refractivity contribution in [2.24, 2.45) is 0 Å². The zero-order chi connectivity index (χ0) is 21.3. The predicted octanol–water partition coefficient (Wildman–Crippen LogP) is 3.86. The first kappa shape index (κ1) is 20.7. The number of aryl methyl sites for hydroxylation is 1. The Morgan fingerprint density at radius 3 is 2.87 bits per heavy atom. The Morgan fingerprint density at radius 1 is 1.33 bits per heavy atom. The standard InChI is InChI=1S/C21H26ClN5O3/c1-12-16(22)6-4-14(23-12)10-19(28)24-18-11-17(26-27-18)13-3-5-15(9-13)30-20(29)25-21(2)7-8-21/h4,6,11,13,15H,3,5,7-10H2,1-2H3,(H,25,29)(H2,24,26,27,28)/t13-,15+/m0/s1. The minimum Gasteiger partial charge on any atom is -0.446 e. The number of rotatable bonds is 6. The van der Waals surface area contributed by atoms with Gasteiger partial charge in [0.1, 0.15) is 6.10 Å². The van der Waals surface area contributed by atoms with Crippen molar-refractivity contribution < 1.29 is 14.3 Å². The highest BCUT2D eigenvalue weighted by Gasteiger charge is 2.40. The first-order valence-electron chi connectivity index (χ1n) is 10.3. The van der Waals surface area contributed by atoms with Gasteiger partial charge in [-0.3, -0.25) is 14.9 Å². The van der Waals surface area contributed by atoms with Crippen LogP contribution in [0.1, 0.15) is 62.0 Å². The maximum absolute atomic E-state index is 12.3. The Balaban J connectivity index is 1.27. The van der Waals surface area contributed by atoms with E-state index in [0.29, 0.717) is 22.2 Å². The topological polar surface area (TPSA) is 109 Å². The fraction of sp³-hybridized carbons (Fsp3) is 0.524. The first-order valence-corrected chi connectivity index (χ1v) is 10.6. The SMILES string of the molecule is Cc1nc(CC(=O)Nc2cc([C@H]3CC[C@@H](OC(=O)NC4(C)CC4)C3)[nH]n2)ccc1Cl. The number of hydrogen-bond acceptors (Lipinski definition) is 5. The van der Waals surface area contributed by atoms with Crippen LogP contribution in [0.25, 0.3) is 0 Å². The molecule has 0 radical (unpaired) electrons. The summed E-state index contributed by atoms with van der Waals surface area (Å²) in [4.78, 5) is 28.6. The van der Waals surface area contributed by atoms with Gasteiger partial charge in [-0.2, -0.15) is 5.10 Å². The van der Waals surface area contributed by atoms with Gasteiger partial charge in [-0.25, -0.2) is 4.79 Å². The summed E-state index contributed by atoms with van der Waals surface area (Å²) in [6, 6.07) is 5.32. The van der Waals surface area contributed by atoms with Crippen molar-refractivity contribution in [2.45, 2.75) is 69.9 Å². The second-order valence-electron chi connectivity index (χ2n) is 8.53. The number of amides is 2. The number of carbonyl (C=O) groups excluding carboxylic acids is 2. The van der Waals surface area contributed by atoms with Crippen LogP contribution in [0, 0.1) is 6.92 Å². The average molecular weight is 432 g/mol. The minimum absolute atomic E-state index is 0.0776. The van der Waals surface area contributed by atoms with Crippen molar-refractivity contribution >= 4 is 29.4 Å². The molecule has 2 aromatic heterocycles. The third-order valence-electron chi connectivity index (χ3n) is 5.79. The Bertz CT molecular complexity index is 956. The highest BCUT2D eigenvalue weighted by Crippen LogP contribution is 2.37. The van der Waals surface area contributed by atoms with Crippen LogP contribution in [-0.2, 0) is 16.0 Å². The van der Waals surface area contributed by atoms with Gasteiger partial charge in [0.2, 0.25) is 5.91 Å². The number of nitrogens with zero attached hydrogens (tertiary/aromatic N) is 2. The van der Waals surface area contributed by atoms with Gasteiger partial charge in [0.25, 0.3) is 0 Å². The zero-order valence-electron chi connectivity index (χ0n) is 17.1. The molecule has 2 heterocycles. The van der Waals surface area contributed by atoms with Crippen LogP contribution in [-0.4, -0.2) is 38.8 Å². The van der Waals surface area contributed by atoms with E-state index in [2.05, 4.69) is 25.8 Å². The lowest BCUT2D eigenvalue weighted by atomic mass is 10.0. The maximum Gasteiger partial charge on any atom is 0.407 e. The normalized spacial score (nSPS) is 21.8. The molecule has 2 atom stereocenters. The van der Waals surface area contributed by atoms with Crippen LogP contribution in [0.15, 0.2) is 18.2 Å². The van der Waals surface area contributed by atoms with Crippen molar-refractivity contribution in [1.82, 2.24) is 20.5 Å². The molecule has 0 saturated heterocycles. The zero-order valence-corrected chi connectivity index (χ0v) is 17.9. The molecule has 4 rings (SSSR count). The number of ether oxygens (including phenoxy) is 1. The van der Waals surface area contributed by atoms with Gasteiger partial charge in [-0.1, -0.05) is 11.6 Å². The molecular formula is C21H26ClN5O3. The molecule has 0 unspecified atom stereocenters. The number of pyridine rings is 1. The number of halogens is 1. The van der Waals surface area contributed by atoms with Crippen molar-refractivity contribution in [3.8, 4) is 0 Å². The average Bonchev–Trinajstić information content (AvgIpc) is 3.07. The quantitative estimate of drug-likeness (QED) is 0.643. The lowest BCUT2D eigenvalue weighted by Gasteiger charge is -2.16. The van der Waals surface area contributed by atoms with E-state index in [0.717, 1.165) is 37.8 Å². The van der Waals surface area contributed by atoms with E-state index in [1.165, 1.54) is 0 Å². The molecule has 0 aromatic carbocycles. The summed E-state index contributed by atoms with van der Waals surface area (Å²) in [7, 11) is 0. The van der Waals surface area contributed by atoms with Crippen LogP contribution in [0.4, 0.5) is 10.6 Å². The summed E-state index contributed by atoms with van der Waals surface area (Å²) >= 11 is 5.97. The summed E-state index contributed by atoms with van der Waals surface area (Å²) < 4.78 is 5.56. The van der Waals surface area contributed by atoms with Gasteiger partial charge < -0.3 is 15.4 Å². The number of H-pyrrole nitrogens is 1. The van der Waals surface area contributed by atoms with Crippen LogP contribution in [0.3, 0.4) is 0 Å². The van der Waals surface area contributed by atoms with Gasteiger partial charge in [-0.15, -0.1) is 0 Å². The number of alkyl carbamates (subject to hydrolysis) is 1. The molecule has 0 aliphatic heterocycles. The van der Waals surface area contributed by atoms with Crippen molar-refractivity contribution in [3.05, 3.63) is 40.3 Å². The molecule has 2 aliphatic rings. The van der Waals surface area contributed by atoms with Gasteiger partial charge in [0.15, 0.2) is 5.82 Å². The molecule has 2 saturated carbocycles. The van der Waals surface area contributed by atoms with Crippen LogP contribution >= 0.6 is 11.6 Å². The third kappa shape index (κ3) is 5.11. The van der Waals surface area contributed by atoms with E-state index in [1.807, 2.05) is 13.0 Å². The monoisotopic (exact) mass is 431 g/mol. The Labute approximate surface area is 180 Å². The van der Waals surface area contributed by atoms with Crippen LogP contribution in [0.2, 0.25) is 5.02 Å². The molecule has 30 heavy (non-hydrogen) atoms. The van der Waals surface area contributed by atoms with E-state index in [-0.39, 0.29) is 36.0 Å². The molecule has 8 nitrogen and oxygen atoms in total. The number of aromatic amines is 1. The first-order chi connectivity index (χ1) is 14.3. The van der Waals surface area contributed by atoms with Crippen molar-refractivity contribution in [3.63, 3.8) is 0 Å². The number of anilines is 1. The van der Waals surface area contributed by atoms with Crippen molar-refractivity contribution in [1.29, 1.82) is 0 Å². The molecule has 3 N–H and O–H groups in total. The Morgan fingerprint density at radius 2 is 2.13 bits per heavy atom. The van der Waals surface area contributed by atoms with E-state index < -0.39 is 0 Å². The number of carbonyl (C=O) groups is 2. The highest BCUT2D eigenvalue weighted by molar-refractivity contribution is 6.31. The molecule has 2 amide bonds. The van der Waals surface area contributed by atoms with Gasteiger partial charge in [0.05, 0.1) is 22.8 Å². The van der Waals surface area contributed by atoms with E-state index in [9.17, 15) is 9.59 Å². The summed E-state index contributed by atoms with van der Waals surface area (Å²) in [5.41, 5.74) is 2.21. The summed E-state index contributed by atoms with van der Waals surface area (Å²) in [6.07, 6.45) is 4.19. The predicted molar refractivity (Wildman–Crippen MR) is 113 cm³/mol. The minimum atomic E-state index is -0.329. The van der Waals surface area contributed by atoms with E-state index >= 15 is 0 Å². The number of hydrogen-bond donors (Lipinski definition) is 3. The molecule has 0 bridgehead atoms. The molecular weight excluding hydrogens is 406 g/mol. The van der Waals surface area contributed by atoms with Crippen LogP contribution < -0.4 is 10.6 Å². The number of nitrogens with one attached hydrogen (secondary N) is 3. The molecule has 9 heteroatoms. The Hall–Kier alpha value is -2.61. The molecule has 160 valence electrons. The maximum atomic E-state index is 12.3. The molecule has 2 aliphatic carbocycles. The molecule has 0 spiro atoms. The fourth-order valence-electron chi connectivity index (χ4n) is 3.73. The molecule has 2 aromatic rings. The van der Waals surface area contributed by atoms with E-state index in [1.54, 1.807) is 19.1 Å². The molecule has 2 fully saturated rings. The summed E-state index contributed by atoms with van der Waals surface area (Å²) in [5.74, 6) is 0.502. The lowest BCUT2D eigenvalue weighted by Crippen LogP contribution is -2.36. The smallest absolute Gasteiger partial charge is 0.407 e. The van der Waals surface area contributed by atoms with Gasteiger partial charge in [0, 0.05) is 23.2 Å². The number of aromatic nitrogens is 3. The second-order valence-corrected chi connectivity index (χ2v) is 8.93. The Kier molecular flexibility index (Phi) is 5.69. The lowest BCUT2D eigenvalue weighted by molar-refractivity contribution is -0.115.